The van der Waals surface area contributed by atoms with Crippen molar-refractivity contribution in [3.63, 3.8) is 0 Å². The number of carbonyl (C=O) groups excluding carboxylic acids is 3. The van der Waals surface area contributed by atoms with E-state index in [4.69, 9.17) is 4.74 Å². The molecule has 0 aromatic carbocycles. The summed E-state index contributed by atoms with van der Waals surface area (Å²) >= 11 is 2.89. The second-order valence-electron chi connectivity index (χ2n) is 7.83. The van der Waals surface area contributed by atoms with E-state index in [2.05, 4.69) is 27.2 Å². The lowest BCUT2D eigenvalue weighted by Gasteiger charge is -2.27. The highest BCUT2D eigenvalue weighted by Crippen LogP contribution is 2.32. The average Bonchev–Trinajstić information content (AvgIpc) is 3.33. The lowest BCUT2D eigenvalue weighted by atomic mass is 10.0. The second kappa shape index (κ2) is 9.30. The molecule has 0 fully saturated rings. The maximum Gasteiger partial charge on any atom is 0.329 e. The Hall–Kier alpha value is -2.20. The van der Waals surface area contributed by atoms with Gasteiger partial charge in [-0.3, -0.25) is 14.6 Å². The van der Waals surface area contributed by atoms with E-state index in [1.807, 2.05) is 19.2 Å². The number of hydrogen-bond acceptors (Lipinski definition) is 8. The van der Waals surface area contributed by atoms with Crippen LogP contribution in [0.25, 0.3) is 0 Å². The Bertz CT molecular complexity index is 882. The van der Waals surface area contributed by atoms with Crippen molar-refractivity contribution in [2.45, 2.75) is 57.8 Å². The fourth-order valence-electron chi connectivity index (χ4n) is 3.01. The van der Waals surface area contributed by atoms with E-state index < -0.39 is 23.7 Å². The summed E-state index contributed by atoms with van der Waals surface area (Å²) in [7, 11) is 0. The molecule has 2 aliphatic rings. The van der Waals surface area contributed by atoms with Crippen molar-refractivity contribution in [1.82, 2.24) is 15.6 Å². The number of esters is 1. The van der Waals surface area contributed by atoms with Crippen LogP contribution in [0.5, 0.6) is 0 Å². The van der Waals surface area contributed by atoms with Gasteiger partial charge >= 0.3 is 5.97 Å². The molecule has 0 radical (unpaired) electrons. The van der Waals surface area contributed by atoms with E-state index in [0.717, 1.165) is 5.01 Å². The van der Waals surface area contributed by atoms with Gasteiger partial charge in [0.05, 0.1) is 6.54 Å². The van der Waals surface area contributed by atoms with Crippen LogP contribution in [0.1, 0.15) is 44.3 Å². The first-order valence-electron chi connectivity index (χ1n) is 9.80. The number of hydrogen-bond donors (Lipinski definition) is 2. The molecule has 2 aliphatic heterocycles. The summed E-state index contributed by atoms with van der Waals surface area (Å²) in [6.45, 7) is 9.43. The Labute approximate surface area is 184 Å². The molecule has 10 heteroatoms. The van der Waals surface area contributed by atoms with Gasteiger partial charge in [-0.25, -0.2) is 9.78 Å². The molecule has 2 amide bonds. The molecule has 1 aromatic heterocycles. The molecule has 4 bridgehead atoms. The number of nitrogens with zero attached hydrogens (tertiary/aromatic N) is 2. The van der Waals surface area contributed by atoms with Crippen molar-refractivity contribution >= 4 is 45.9 Å². The maximum absolute atomic E-state index is 13.0. The molecule has 0 aliphatic carbocycles. The fourth-order valence-corrected chi connectivity index (χ4v) is 4.94. The van der Waals surface area contributed by atoms with Crippen LogP contribution in [-0.2, 0) is 25.7 Å². The number of thiazole rings is 1. The van der Waals surface area contributed by atoms with Gasteiger partial charge in [0.25, 0.3) is 0 Å². The summed E-state index contributed by atoms with van der Waals surface area (Å²) in [6.07, 6.45) is 1.37. The van der Waals surface area contributed by atoms with Crippen LogP contribution >= 0.6 is 23.1 Å². The third-order valence-corrected chi connectivity index (χ3v) is 7.06. The molecule has 0 spiro atoms. The van der Waals surface area contributed by atoms with Gasteiger partial charge in [-0.2, -0.15) is 0 Å². The minimum absolute atomic E-state index is 0.159. The Kier molecular flexibility index (Phi) is 6.97. The first kappa shape index (κ1) is 22.5. The number of nitrogens with one attached hydrogen (secondary N) is 2. The molecule has 2 N–H and O–H groups in total. The predicted octanol–water partition coefficient (Wildman–Crippen LogP) is 2.04. The molecule has 1 aromatic rings. The number of aromatic nitrogens is 1. The molecule has 3 heterocycles. The maximum atomic E-state index is 13.0. The quantitative estimate of drug-likeness (QED) is 0.527. The van der Waals surface area contributed by atoms with Crippen molar-refractivity contribution in [3.05, 3.63) is 28.7 Å². The van der Waals surface area contributed by atoms with E-state index in [-0.39, 0.29) is 24.2 Å². The summed E-state index contributed by atoms with van der Waals surface area (Å²) in [5.74, 6) is -0.762. The molecule has 0 unspecified atom stereocenters. The monoisotopic (exact) mass is 450 g/mol. The first-order chi connectivity index (χ1) is 14.2. The van der Waals surface area contributed by atoms with Crippen LogP contribution in [0.3, 0.4) is 0 Å². The lowest BCUT2D eigenvalue weighted by molar-refractivity contribution is -0.153. The zero-order chi connectivity index (χ0) is 21.9. The summed E-state index contributed by atoms with van der Waals surface area (Å²) < 4.78 is 5.53. The van der Waals surface area contributed by atoms with Gasteiger partial charge in [-0.05, 0) is 19.3 Å². The van der Waals surface area contributed by atoms with Gasteiger partial charge in [-0.15, -0.1) is 23.1 Å². The largest absolute Gasteiger partial charge is 0.457 e. The van der Waals surface area contributed by atoms with Crippen LogP contribution in [0.4, 0.5) is 0 Å². The number of amides is 2. The molecule has 162 valence electrons. The molecule has 3 atom stereocenters. The molecule has 0 saturated carbocycles. The summed E-state index contributed by atoms with van der Waals surface area (Å²) in [5.41, 5.74) is -0.307. The van der Waals surface area contributed by atoms with Crippen LogP contribution in [0.15, 0.2) is 23.0 Å². The number of aliphatic imine (C=N–C) groups is 1. The average molecular weight is 451 g/mol. The fraction of sp³-hybridized carbons (Fsp3) is 0.550. The molecule has 30 heavy (non-hydrogen) atoms. The van der Waals surface area contributed by atoms with Gasteiger partial charge < -0.3 is 15.4 Å². The Morgan fingerprint density at radius 3 is 2.83 bits per heavy atom. The van der Waals surface area contributed by atoms with Gasteiger partial charge in [-0.1, -0.05) is 26.5 Å². The van der Waals surface area contributed by atoms with Crippen molar-refractivity contribution in [3.8, 4) is 0 Å². The van der Waals surface area contributed by atoms with Gasteiger partial charge in [0.2, 0.25) is 11.8 Å². The van der Waals surface area contributed by atoms with Gasteiger partial charge in [0.1, 0.15) is 33.4 Å². The van der Waals surface area contributed by atoms with E-state index >= 15 is 0 Å². The Balaban J connectivity index is 1.90. The third kappa shape index (κ3) is 5.10. The van der Waals surface area contributed by atoms with Crippen molar-refractivity contribution in [2.24, 2.45) is 10.9 Å². The number of carbonyl (C=O) groups is 3. The molecule has 8 nitrogen and oxygen atoms in total. The number of ether oxygens (including phenoxy) is 1. The number of rotatable bonds is 2. The Morgan fingerprint density at radius 1 is 1.37 bits per heavy atom. The molecule has 0 saturated heterocycles. The van der Waals surface area contributed by atoms with Crippen molar-refractivity contribution < 1.29 is 19.1 Å². The van der Waals surface area contributed by atoms with Gasteiger partial charge in [0, 0.05) is 17.6 Å². The van der Waals surface area contributed by atoms with E-state index in [9.17, 15) is 14.4 Å². The summed E-state index contributed by atoms with van der Waals surface area (Å²) in [6, 6.07) is -0.823. The van der Waals surface area contributed by atoms with Crippen molar-refractivity contribution in [2.75, 3.05) is 5.75 Å². The highest BCUT2D eigenvalue weighted by Gasteiger charge is 2.41. The van der Waals surface area contributed by atoms with E-state index in [1.165, 1.54) is 29.2 Å². The minimum atomic E-state index is -1.00. The second-order valence-corrected chi connectivity index (χ2v) is 9.73. The Morgan fingerprint density at radius 2 is 2.13 bits per heavy atom. The lowest BCUT2D eigenvalue weighted by Crippen LogP contribution is -2.53. The van der Waals surface area contributed by atoms with Crippen LogP contribution in [-0.4, -0.2) is 51.2 Å². The zero-order valence-electron chi connectivity index (χ0n) is 17.3. The standard InChI is InChI=1S/C20H26N4O4S2/c1-5-12-6-7-14(25)21-8-15-22-13(9-29-15)17-24-20(4,10-30-17)19(27)23-16(11(2)3)18(26)28-12/h5,9,11-12,16H,1,6-8,10H2,2-4H3,(H,21,25)(H,23,27)/t12-,16+,20+/m1/s1. The first-order valence-corrected chi connectivity index (χ1v) is 11.7. The topological polar surface area (TPSA) is 110 Å². The zero-order valence-corrected chi connectivity index (χ0v) is 18.9. The highest BCUT2D eigenvalue weighted by molar-refractivity contribution is 8.14. The highest BCUT2D eigenvalue weighted by atomic mass is 32.2. The van der Waals surface area contributed by atoms with E-state index in [0.29, 0.717) is 29.5 Å². The molecular formula is C20H26N4O4S2. The number of fused-ring (bicyclic) bond motifs is 4. The number of cyclic esters (lactones) is 1. The summed E-state index contributed by atoms with van der Waals surface area (Å²) in [4.78, 5) is 47.1. The summed E-state index contributed by atoms with van der Waals surface area (Å²) in [5, 5.41) is 8.97. The predicted molar refractivity (Wildman–Crippen MR) is 117 cm³/mol. The normalized spacial score (nSPS) is 28.3. The van der Waals surface area contributed by atoms with E-state index in [1.54, 1.807) is 6.92 Å². The smallest absolute Gasteiger partial charge is 0.329 e. The SMILES string of the molecule is C=C[C@@H]1CCC(=O)NCc2nc(cs2)C2=N[C@@](C)(CS2)C(=O)N[C@@H](C(C)C)C(=O)O1. The van der Waals surface area contributed by atoms with Crippen LogP contribution in [0, 0.1) is 5.92 Å². The van der Waals surface area contributed by atoms with Crippen LogP contribution in [0.2, 0.25) is 0 Å². The molecule has 3 rings (SSSR count). The number of thioether (sulfide) groups is 1. The molecular weight excluding hydrogens is 424 g/mol. The minimum Gasteiger partial charge on any atom is -0.457 e. The third-order valence-electron chi connectivity index (χ3n) is 4.93. The van der Waals surface area contributed by atoms with Crippen molar-refractivity contribution in [1.29, 1.82) is 0 Å². The van der Waals surface area contributed by atoms with Crippen LogP contribution < -0.4 is 10.6 Å². The van der Waals surface area contributed by atoms with Gasteiger partial charge in [0.15, 0.2) is 0 Å².